The highest BCUT2D eigenvalue weighted by atomic mass is 16.5. The first-order chi connectivity index (χ1) is 14.0. The molecule has 1 aromatic heterocycles. The number of ether oxygens (including phenoxy) is 1. The molecule has 0 atom stereocenters. The van der Waals surface area contributed by atoms with Crippen molar-refractivity contribution in [3.05, 3.63) is 70.9 Å². The second-order valence-electron chi connectivity index (χ2n) is 7.01. The first-order valence-electron chi connectivity index (χ1n) is 9.52. The van der Waals surface area contributed by atoms with Crippen molar-refractivity contribution in [1.82, 2.24) is 4.98 Å². The van der Waals surface area contributed by atoms with Crippen LogP contribution in [-0.4, -0.2) is 29.3 Å². The van der Waals surface area contributed by atoms with Gasteiger partial charge in [-0.2, -0.15) is 0 Å². The van der Waals surface area contributed by atoms with Gasteiger partial charge in [0.1, 0.15) is 0 Å². The van der Waals surface area contributed by atoms with Gasteiger partial charge in [-0.25, -0.2) is 4.79 Å². The highest BCUT2D eigenvalue weighted by molar-refractivity contribution is 6.07. The lowest BCUT2D eigenvalue weighted by atomic mass is 10.0. The fourth-order valence-corrected chi connectivity index (χ4v) is 3.73. The van der Waals surface area contributed by atoms with E-state index >= 15 is 0 Å². The first-order valence-corrected chi connectivity index (χ1v) is 9.52. The smallest absolute Gasteiger partial charge is 0.339 e. The third-order valence-corrected chi connectivity index (χ3v) is 5.04. The zero-order chi connectivity index (χ0) is 20.4. The molecule has 0 aliphatic heterocycles. The van der Waals surface area contributed by atoms with E-state index in [1.54, 1.807) is 24.3 Å². The number of aromatic nitrogens is 1. The van der Waals surface area contributed by atoms with Crippen molar-refractivity contribution < 1.29 is 19.1 Å². The maximum atomic E-state index is 12.9. The van der Waals surface area contributed by atoms with E-state index in [0.717, 1.165) is 41.4 Å². The number of hydrogen-bond acceptors (Lipinski definition) is 5. The van der Waals surface area contributed by atoms with Crippen molar-refractivity contribution in [3.63, 3.8) is 0 Å². The molecule has 1 amide bonds. The highest BCUT2D eigenvalue weighted by Crippen LogP contribution is 2.30. The van der Waals surface area contributed by atoms with Crippen LogP contribution < -0.4 is 5.32 Å². The van der Waals surface area contributed by atoms with Crippen LogP contribution in [0.5, 0.6) is 0 Å². The summed E-state index contributed by atoms with van der Waals surface area (Å²) in [6.45, 7) is 0.997. The van der Waals surface area contributed by atoms with Crippen molar-refractivity contribution in [2.75, 3.05) is 11.9 Å². The van der Waals surface area contributed by atoms with Gasteiger partial charge in [0.2, 0.25) is 0 Å². The molecule has 6 nitrogen and oxygen atoms in total. The Hall–Kier alpha value is -3.54. The average Bonchev–Trinajstić information content (AvgIpc) is 3.18. The Kier molecular flexibility index (Phi) is 5.08. The van der Waals surface area contributed by atoms with Crippen molar-refractivity contribution >= 4 is 34.3 Å². The van der Waals surface area contributed by atoms with Gasteiger partial charge in [-0.05, 0) is 49.9 Å². The van der Waals surface area contributed by atoms with Crippen LogP contribution in [0.25, 0.3) is 10.9 Å². The normalized spacial score (nSPS) is 12.4. The molecule has 29 heavy (non-hydrogen) atoms. The summed E-state index contributed by atoms with van der Waals surface area (Å²) in [7, 11) is 0. The van der Waals surface area contributed by atoms with Crippen LogP contribution in [0.1, 0.15) is 45.3 Å². The second-order valence-corrected chi connectivity index (χ2v) is 7.01. The van der Waals surface area contributed by atoms with E-state index in [2.05, 4.69) is 10.3 Å². The predicted molar refractivity (Wildman–Crippen MR) is 109 cm³/mol. The largest absolute Gasteiger partial charge is 0.452 e. The number of fused-ring (bicyclic) bond motifs is 2. The number of ketones is 1. The quantitative estimate of drug-likeness (QED) is 0.532. The van der Waals surface area contributed by atoms with Gasteiger partial charge in [-0.3, -0.25) is 14.6 Å². The Morgan fingerprint density at radius 2 is 1.79 bits per heavy atom. The lowest BCUT2D eigenvalue weighted by Crippen LogP contribution is -2.22. The number of hydrogen-bond donors (Lipinski definition) is 1. The molecule has 1 aliphatic rings. The maximum Gasteiger partial charge on any atom is 0.339 e. The number of nitrogens with zero attached hydrogens (tertiary/aromatic N) is 1. The van der Waals surface area contributed by atoms with Gasteiger partial charge in [-0.1, -0.05) is 30.3 Å². The molecular weight excluding hydrogens is 368 g/mol. The Labute approximate surface area is 167 Å². The number of carbonyl (C=O) groups is 3. The van der Waals surface area contributed by atoms with Gasteiger partial charge in [0, 0.05) is 16.6 Å². The Balaban J connectivity index is 1.53. The van der Waals surface area contributed by atoms with E-state index in [-0.39, 0.29) is 5.78 Å². The monoisotopic (exact) mass is 388 g/mol. The lowest BCUT2D eigenvalue weighted by molar-refractivity contribution is -0.119. The van der Waals surface area contributed by atoms with Crippen LogP contribution in [0.2, 0.25) is 0 Å². The number of amides is 1. The molecule has 1 heterocycles. The molecule has 0 saturated carbocycles. The summed E-state index contributed by atoms with van der Waals surface area (Å²) >= 11 is 0. The summed E-state index contributed by atoms with van der Waals surface area (Å²) in [5.74, 6) is -1.18. The molecule has 0 unspecified atom stereocenters. The minimum atomic E-state index is -0.531. The minimum Gasteiger partial charge on any atom is -0.452 e. The number of aryl methyl sites for hydroxylation is 1. The zero-order valence-corrected chi connectivity index (χ0v) is 16.0. The topological polar surface area (TPSA) is 85.4 Å². The molecular formula is C23H20N2O4. The standard InChI is InChI=1S/C23H20N2O4/c1-14(26)15-7-2-4-10-18(15)25-21(27)13-29-23(28)22-16-8-3-5-11-19(16)24-20-12-6-9-17(20)22/h2-5,7-8,10-11H,6,9,12-13H2,1H3,(H,25,27). The number of pyridine rings is 1. The molecule has 6 heteroatoms. The number of para-hydroxylation sites is 2. The van der Waals surface area contributed by atoms with Crippen molar-refractivity contribution in [2.45, 2.75) is 26.2 Å². The molecule has 1 aliphatic carbocycles. The molecule has 0 bridgehead atoms. The van der Waals surface area contributed by atoms with Gasteiger partial charge in [0.15, 0.2) is 12.4 Å². The summed E-state index contributed by atoms with van der Waals surface area (Å²) < 4.78 is 5.33. The number of Topliss-reactive ketones (excluding diaryl/α,β-unsaturated/α-hetero) is 1. The summed E-state index contributed by atoms with van der Waals surface area (Å²) in [6, 6.07) is 14.2. The summed E-state index contributed by atoms with van der Waals surface area (Å²) in [6.07, 6.45) is 2.56. The van der Waals surface area contributed by atoms with E-state index in [4.69, 9.17) is 4.74 Å². The molecule has 2 aromatic carbocycles. The van der Waals surface area contributed by atoms with Crippen LogP contribution in [0.3, 0.4) is 0 Å². The van der Waals surface area contributed by atoms with Gasteiger partial charge in [-0.15, -0.1) is 0 Å². The Morgan fingerprint density at radius 3 is 2.62 bits per heavy atom. The van der Waals surface area contributed by atoms with Crippen molar-refractivity contribution in [2.24, 2.45) is 0 Å². The molecule has 3 aromatic rings. The SMILES string of the molecule is CC(=O)c1ccccc1NC(=O)COC(=O)c1c2c(nc3ccccc13)CCC2. The van der Waals surface area contributed by atoms with Gasteiger partial charge < -0.3 is 10.1 Å². The Morgan fingerprint density at radius 1 is 1.03 bits per heavy atom. The van der Waals surface area contributed by atoms with E-state index < -0.39 is 18.5 Å². The fraction of sp³-hybridized carbons (Fsp3) is 0.217. The molecule has 0 spiro atoms. The number of anilines is 1. The molecule has 4 rings (SSSR count). The van der Waals surface area contributed by atoms with Gasteiger partial charge >= 0.3 is 5.97 Å². The fourth-order valence-electron chi connectivity index (χ4n) is 3.73. The minimum absolute atomic E-state index is 0.156. The average molecular weight is 388 g/mol. The van der Waals surface area contributed by atoms with Gasteiger partial charge in [0.25, 0.3) is 5.91 Å². The van der Waals surface area contributed by atoms with Crippen molar-refractivity contribution in [1.29, 1.82) is 0 Å². The van der Waals surface area contributed by atoms with Crippen LogP contribution >= 0.6 is 0 Å². The number of esters is 1. The van der Waals surface area contributed by atoms with Crippen LogP contribution in [0, 0.1) is 0 Å². The number of benzene rings is 2. The molecule has 0 saturated heterocycles. The summed E-state index contributed by atoms with van der Waals surface area (Å²) in [5.41, 5.74) is 3.90. The van der Waals surface area contributed by atoms with Crippen molar-refractivity contribution in [3.8, 4) is 0 Å². The number of rotatable bonds is 5. The maximum absolute atomic E-state index is 12.9. The predicted octanol–water partition coefficient (Wildman–Crippen LogP) is 3.72. The van der Waals surface area contributed by atoms with Crippen LogP contribution in [0.4, 0.5) is 5.69 Å². The summed E-state index contributed by atoms with van der Waals surface area (Å²) in [4.78, 5) is 41.5. The third-order valence-electron chi connectivity index (χ3n) is 5.04. The van der Waals surface area contributed by atoms with Crippen LogP contribution in [-0.2, 0) is 22.4 Å². The molecule has 0 radical (unpaired) electrons. The van der Waals surface area contributed by atoms with Gasteiger partial charge in [0.05, 0.1) is 16.8 Å². The number of nitrogens with one attached hydrogen (secondary N) is 1. The first kappa shape index (κ1) is 18.8. The lowest BCUT2D eigenvalue weighted by Gasteiger charge is -2.13. The molecule has 1 N–H and O–H groups in total. The molecule has 0 fully saturated rings. The third kappa shape index (κ3) is 3.74. The second kappa shape index (κ2) is 7.83. The molecule has 146 valence electrons. The summed E-state index contributed by atoms with van der Waals surface area (Å²) in [5, 5.41) is 3.38. The van der Waals surface area contributed by atoms with E-state index in [0.29, 0.717) is 16.8 Å². The van der Waals surface area contributed by atoms with E-state index in [1.807, 2.05) is 24.3 Å². The van der Waals surface area contributed by atoms with Crippen LogP contribution in [0.15, 0.2) is 48.5 Å². The number of carbonyl (C=O) groups excluding carboxylic acids is 3. The highest BCUT2D eigenvalue weighted by Gasteiger charge is 2.25. The van der Waals surface area contributed by atoms with E-state index in [9.17, 15) is 14.4 Å². The zero-order valence-electron chi connectivity index (χ0n) is 16.0. The van der Waals surface area contributed by atoms with E-state index in [1.165, 1.54) is 6.92 Å². The Bertz CT molecular complexity index is 1140.